The minimum absolute atomic E-state index is 0.133. The lowest BCUT2D eigenvalue weighted by atomic mass is 10.0. The van der Waals surface area contributed by atoms with Crippen molar-refractivity contribution in [1.82, 2.24) is 5.32 Å². The Morgan fingerprint density at radius 3 is 2.35 bits per heavy atom. The van der Waals surface area contributed by atoms with Crippen LogP contribution in [0.4, 0.5) is 4.39 Å². The summed E-state index contributed by atoms with van der Waals surface area (Å²) in [7, 11) is 0. The third kappa shape index (κ3) is 3.12. The molecule has 0 spiro atoms. The number of hydrogen-bond acceptors (Lipinski definition) is 2. The van der Waals surface area contributed by atoms with E-state index in [0.29, 0.717) is 12.8 Å². The maximum atomic E-state index is 12.8. The van der Waals surface area contributed by atoms with Gasteiger partial charge in [-0.1, -0.05) is 12.7 Å². The van der Waals surface area contributed by atoms with Gasteiger partial charge in [0.25, 0.3) is 0 Å². The predicted molar refractivity (Wildman–Crippen MR) is 63.6 cm³/mol. The van der Waals surface area contributed by atoms with E-state index in [0.717, 1.165) is 0 Å². The normalized spacial score (nSPS) is 17.9. The van der Waals surface area contributed by atoms with Crippen LogP contribution in [-0.4, -0.2) is 11.7 Å². The second-order valence-electron chi connectivity index (χ2n) is 4.12. The molecular formula is C13H16FNO2. The maximum Gasteiger partial charge on any atom is 0.238 e. The van der Waals surface area contributed by atoms with Crippen molar-refractivity contribution < 1.29 is 14.0 Å². The van der Waals surface area contributed by atoms with Gasteiger partial charge in [0.2, 0.25) is 5.91 Å². The molecule has 4 heteroatoms. The first kappa shape index (κ1) is 13.4. The summed E-state index contributed by atoms with van der Waals surface area (Å²) in [5.41, 5.74) is -0.588. The molecule has 92 valence electrons. The van der Waals surface area contributed by atoms with Gasteiger partial charge < -0.3 is 5.32 Å². The molecular weight excluding hydrogens is 221 g/mol. The van der Waals surface area contributed by atoms with Gasteiger partial charge in [-0.15, -0.1) is 0 Å². The van der Waals surface area contributed by atoms with Crippen LogP contribution in [0.15, 0.2) is 36.3 Å². The van der Waals surface area contributed by atoms with Gasteiger partial charge in [0.15, 0.2) is 0 Å². The van der Waals surface area contributed by atoms with Crippen LogP contribution < -0.4 is 5.32 Å². The van der Waals surface area contributed by atoms with Crippen molar-refractivity contribution in [3.05, 3.63) is 36.3 Å². The number of amides is 1. The smallest absolute Gasteiger partial charge is 0.238 e. The minimum Gasteiger partial charge on any atom is -0.326 e. The zero-order valence-electron chi connectivity index (χ0n) is 10.0. The van der Waals surface area contributed by atoms with Crippen LogP contribution in [0, 0.1) is 5.41 Å². The monoisotopic (exact) mass is 237 g/mol. The molecule has 1 N–H and O–H groups in total. The van der Waals surface area contributed by atoms with E-state index < -0.39 is 11.2 Å². The second-order valence-corrected chi connectivity index (χ2v) is 4.12. The number of carbonyl (C=O) groups excluding carboxylic acids is 2. The number of Topliss-reactive ketones (excluding diaryl/α,β-unsaturated/α-hetero) is 1. The summed E-state index contributed by atoms with van der Waals surface area (Å²) < 4.78 is 12.8. The van der Waals surface area contributed by atoms with E-state index in [-0.39, 0.29) is 17.4 Å². The molecule has 3 nitrogen and oxygen atoms in total. The van der Waals surface area contributed by atoms with E-state index >= 15 is 0 Å². The molecule has 0 aromatic rings. The summed E-state index contributed by atoms with van der Waals surface area (Å²) in [6, 6.07) is 0. The third-order valence-corrected chi connectivity index (χ3v) is 2.85. The summed E-state index contributed by atoms with van der Waals surface area (Å²) in [6.45, 7) is 6.55. The Hall–Kier alpha value is -1.71. The summed E-state index contributed by atoms with van der Waals surface area (Å²) in [4.78, 5) is 23.0. The van der Waals surface area contributed by atoms with E-state index in [1.165, 1.54) is 25.2 Å². The van der Waals surface area contributed by atoms with Gasteiger partial charge in [0, 0.05) is 5.70 Å². The zero-order chi connectivity index (χ0) is 13.1. The van der Waals surface area contributed by atoms with Crippen molar-refractivity contribution in [1.29, 1.82) is 0 Å². The molecule has 0 atom stereocenters. The molecule has 0 radical (unpaired) electrons. The summed E-state index contributed by atoms with van der Waals surface area (Å²) in [6.07, 6.45) is 5.02. The Kier molecular flexibility index (Phi) is 3.99. The van der Waals surface area contributed by atoms with E-state index in [1.807, 2.05) is 0 Å². The predicted octanol–water partition coefficient (Wildman–Crippen LogP) is 2.42. The van der Waals surface area contributed by atoms with Crippen LogP contribution in [0.25, 0.3) is 0 Å². The number of ketones is 1. The molecule has 0 unspecified atom stereocenters. The largest absolute Gasteiger partial charge is 0.326 e. The van der Waals surface area contributed by atoms with Crippen LogP contribution in [0.3, 0.4) is 0 Å². The highest BCUT2D eigenvalue weighted by atomic mass is 19.1. The molecule has 1 saturated carbocycles. The fourth-order valence-electron chi connectivity index (χ4n) is 1.45. The molecule has 0 aromatic carbocycles. The molecule has 0 aliphatic heterocycles. The average Bonchev–Trinajstić information content (AvgIpc) is 3.06. The fourth-order valence-corrected chi connectivity index (χ4v) is 1.45. The highest BCUT2D eigenvalue weighted by molar-refractivity contribution is 6.08. The van der Waals surface area contributed by atoms with Gasteiger partial charge in [0.05, 0.1) is 0 Å². The summed E-state index contributed by atoms with van der Waals surface area (Å²) in [5.74, 6) is -0.889. The molecule has 1 aliphatic carbocycles. The standard InChI is InChI=1S/C13H16FNO2/c1-4-11(14)6-5-9(2)15-12(17)13(7-8-13)10(3)16/h4-6H,2,7-8H2,1,3H3,(H,15,17)/b6-5-,11-4+. The van der Waals surface area contributed by atoms with E-state index in [1.54, 1.807) is 6.92 Å². The lowest BCUT2D eigenvalue weighted by molar-refractivity contribution is -0.134. The van der Waals surface area contributed by atoms with Gasteiger partial charge in [-0.05, 0) is 38.8 Å². The molecule has 1 amide bonds. The minimum atomic E-state index is -0.865. The number of carbonyl (C=O) groups is 2. The van der Waals surface area contributed by atoms with Gasteiger partial charge in [-0.2, -0.15) is 0 Å². The Morgan fingerprint density at radius 1 is 1.35 bits per heavy atom. The van der Waals surface area contributed by atoms with Crippen molar-refractivity contribution in [3.63, 3.8) is 0 Å². The Bertz CT molecular complexity index is 417. The van der Waals surface area contributed by atoms with E-state index in [4.69, 9.17) is 0 Å². The second kappa shape index (κ2) is 5.08. The SMILES string of the molecule is C=C(/C=C\C(F)=C/C)NC(=O)C1(C(C)=O)CC1. The highest BCUT2D eigenvalue weighted by Gasteiger charge is 2.54. The van der Waals surface area contributed by atoms with Crippen molar-refractivity contribution >= 4 is 11.7 Å². The van der Waals surface area contributed by atoms with Gasteiger partial charge >= 0.3 is 0 Å². The fraction of sp³-hybridized carbons (Fsp3) is 0.385. The highest BCUT2D eigenvalue weighted by Crippen LogP contribution is 2.46. The van der Waals surface area contributed by atoms with Crippen molar-refractivity contribution in [2.24, 2.45) is 5.41 Å². The number of hydrogen-bond donors (Lipinski definition) is 1. The number of allylic oxidation sites excluding steroid dienone is 4. The lowest BCUT2D eigenvalue weighted by Crippen LogP contribution is -2.34. The van der Waals surface area contributed by atoms with Crippen molar-refractivity contribution in [3.8, 4) is 0 Å². The summed E-state index contributed by atoms with van der Waals surface area (Å²) in [5, 5.41) is 2.51. The average molecular weight is 237 g/mol. The van der Waals surface area contributed by atoms with Crippen LogP contribution in [-0.2, 0) is 9.59 Å². The molecule has 1 rings (SSSR count). The Balaban J connectivity index is 2.56. The molecule has 17 heavy (non-hydrogen) atoms. The number of nitrogens with one attached hydrogen (secondary N) is 1. The van der Waals surface area contributed by atoms with Crippen molar-refractivity contribution in [2.45, 2.75) is 26.7 Å². The van der Waals surface area contributed by atoms with Gasteiger partial charge in [0.1, 0.15) is 17.0 Å². The van der Waals surface area contributed by atoms with Crippen molar-refractivity contribution in [2.75, 3.05) is 0 Å². The number of rotatable bonds is 5. The molecule has 1 fully saturated rings. The number of halogens is 1. The Labute approximate surface area is 100 Å². The van der Waals surface area contributed by atoms with E-state index in [9.17, 15) is 14.0 Å². The van der Waals surface area contributed by atoms with Gasteiger partial charge in [-0.25, -0.2) is 4.39 Å². The quantitative estimate of drug-likeness (QED) is 0.589. The molecule has 0 heterocycles. The topological polar surface area (TPSA) is 46.2 Å². The molecule has 0 saturated heterocycles. The molecule has 0 bridgehead atoms. The molecule has 0 aromatic heterocycles. The third-order valence-electron chi connectivity index (χ3n) is 2.85. The first-order chi connectivity index (χ1) is 7.92. The van der Waals surface area contributed by atoms with Crippen LogP contribution in [0.2, 0.25) is 0 Å². The first-order valence-corrected chi connectivity index (χ1v) is 5.43. The lowest BCUT2D eigenvalue weighted by Gasteiger charge is -2.11. The summed E-state index contributed by atoms with van der Waals surface area (Å²) >= 11 is 0. The molecule has 1 aliphatic rings. The van der Waals surface area contributed by atoms with Crippen LogP contribution in [0.5, 0.6) is 0 Å². The first-order valence-electron chi connectivity index (χ1n) is 5.43. The van der Waals surface area contributed by atoms with Crippen LogP contribution >= 0.6 is 0 Å². The zero-order valence-corrected chi connectivity index (χ0v) is 10.0. The van der Waals surface area contributed by atoms with Crippen LogP contribution in [0.1, 0.15) is 26.7 Å². The Morgan fingerprint density at radius 2 is 1.94 bits per heavy atom. The maximum absolute atomic E-state index is 12.8. The van der Waals surface area contributed by atoms with E-state index in [2.05, 4.69) is 11.9 Å². The van der Waals surface area contributed by atoms with Gasteiger partial charge in [-0.3, -0.25) is 9.59 Å².